The van der Waals surface area contributed by atoms with Crippen LogP contribution in [-0.2, 0) is 16.4 Å². The minimum absolute atomic E-state index is 0.0423. The SMILES string of the molecule is COc1ccc(CNC(=O)NC2CC3(CNC3S(=O)(=O)C3CC4CCC3C4)C2)cc1. The van der Waals surface area contributed by atoms with E-state index in [1.54, 1.807) is 7.11 Å². The van der Waals surface area contributed by atoms with Gasteiger partial charge in [-0.2, -0.15) is 0 Å². The highest BCUT2D eigenvalue weighted by Crippen LogP contribution is 2.54. The molecule has 5 rings (SSSR count). The Hall–Kier alpha value is -1.80. The summed E-state index contributed by atoms with van der Waals surface area (Å²) < 4.78 is 31.7. The van der Waals surface area contributed by atoms with Gasteiger partial charge in [0.2, 0.25) is 0 Å². The fourth-order valence-electron chi connectivity index (χ4n) is 6.25. The van der Waals surface area contributed by atoms with E-state index in [9.17, 15) is 13.2 Å². The largest absolute Gasteiger partial charge is 0.497 e. The van der Waals surface area contributed by atoms with Crippen molar-refractivity contribution in [3.63, 3.8) is 0 Å². The maximum Gasteiger partial charge on any atom is 0.315 e. The summed E-state index contributed by atoms with van der Waals surface area (Å²) in [5, 5.41) is 8.53. The van der Waals surface area contributed by atoms with E-state index in [1.807, 2.05) is 24.3 Å². The Labute approximate surface area is 178 Å². The number of amides is 2. The molecular formula is C22H31N3O4S. The van der Waals surface area contributed by atoms with Gasteiger partial charge in [0.25, 0.3) is 0 Å². The van der Waals surface area contributed by atoms with Crippen LogP contribution in [0.5, 0.6) is 5.75 Å². The first-order chi connectivity index (χ1) is 14.4. The predicted molar refractivity (Wildman–Crippen MR) is 114 cm³/mol. The second kappa shape index (κ2) is 7.41. The van der Waals surface area contributed by atoms with Crippen molar-refractivity contribution in [2.45, 2.75) is 61.7 Å². The van der Waals surface area contributed by atoms with Gasteiger partial charge >= 0.3 is 6.03 Å². The van der Waals surface area contributed by atoms with Gasteiger partial charge in [-0.25, -0.2) is 13.2 Å². The molecule has 1 aromatic carbocycles. The van der Waals surface area contributed by atoms with Gasteiger partial charge < -0.3 is 15.4 Å². The van der Waals surface area contributed by atoms with Crippen LogP contribution in [0.4, 0.5) is 4.79 Å². The lowest BCUT2D eigenvalue weighted by molar-refractivity contribution is 0.00688. The molecule has 2 bridgehead atoms. The lowest BCUT2D eigenvalue weighted by Gasteiger charge is -2.59. The normalized spacial score (nSPS) is 36.8. The lowest BCUT2D eigenvalue weighted by atomic mass is 9.61. The number of methoxy groups -OCH3 is 1. The molecule has 1 aromatic rings. The van der Waals surface area contributed by atoms with Crippen molar-refractivity contribution in [2.75, 3.05) is 13.7 Å². The van der Waals surface area contributed by atoms with Crippen LogP contribution in [0.15, 0.2) is 24.3 Å². The van der Waals surface area contributed by atoms with Crippen molar-refractivity contribution >= 4 is 15.9 Å². The molecule has 1 aliphatic heterocycles. The highest BCUT2D eigenvalue weighted by Gasteiger charge is 2.63. The summed E-state index contributed by atoms with van der Waals surface area (Å²) in [6, 6.07) is 7.41. The van der Waals surface area contributed by atoms with E-state index in [4.69, 9.17) is 4.74 Å². The lowest BCUT2D eigenvalue weighted by Crippen LogP contribution is -2.74. The van der Waals surface area contributed by atoms with Gasteiger partial charge in [0.1, 0.15) is 11.1 Å². The number of nitrogens with one attached hydrogen (secondary N) is 3. The van der Waals surface area contributed by atoms with Crippen LogP contribution in [0.1, 0.15) is 44.1 Å². The van der Waals surface area contributed by atoms with Gasteiger partial charge in [-0.1, -0.05) is 18.6 Å². The molecule has 3 saturated carbocycles. The Morgan fingerprint density at radius 3 is 2.53 bits per heavy atom. The smallest absolute Gasteiger partial charge is 0.315 e. The number of hydrogen-bond donors (Lipinski definition) is 3. The number of carbonyl (C=O) groups is 1. The van der Waals surface area contributed by atoms with E-state index in [2.05, 4.69) is 16.0 Å². The van der Waals surface area contributed by atoms with Crippen LogP contribution in [-0.4, -0.2) is 44.8 Å². The zero-order valence-corrected chi connectivity index (χ0v) is 18.2. The molecule has 3 N–H and O–H groups in total. The third-order valence-electron chi connectivity index (χ3n) is 7.87. The Morgan fingerprint density at radius 2 is 1.97 bits per heavy atom. The van der Waals surface area contributed by atoms with Gasteiger partial charge in [-0.05, 0) is 61.6 Å². The fraction of sp³-hybridized carbons (Fsp3) is 0.682. The highest BCUT2D eigenvalue weighted by atomic mass is 32.2. The summed E-state index contributed by atoms with van der Waals surface area (Å²) in [6.07, 6.45) is 5.71. The first kappa shape index (κ1) is 20.1. The Bertz CT molecular complexity index is 911. The number of urea groups is 1. The molecule has 30 heavy (non-hydrogen) atoms. The second-order valence-electron chi connectivity index (χ2n) is 9.71. The minimum atomic E-state index is -3.15. The molecule has 0 aromatic heterocycles. The van der Waals surface area contributed by atoms with Crippen LogP contribution in [0.3, 0.4) is 0 Å². The average Bonchev–Trinajstić information content (AvgIpc) is 3.32. The van der Waals surface area contributed by atoms with E-state index >= 15 is 0 Å². The molecule has 4 unspecified atom stereocenters. The zero-order valence-electron chi connectivity index (χ0n) is 17.4. The van der Waals surface area contributed by atoms with Crippen LogP contribution in [0.2, 0.25) is 0 Å². The Balaban J connectivity index is 1.11. The predicted octanol–water partition coefficient (Wildman–Crippen LogP) is 2.18. The highest BCUT2D eigenvalue weighted by molar-refractivity contribution is 7.92. The van der Waals surface area contributed by atoms with E-state index < -0.39 is 15.2 Å². The summed E-state index contributed by atoms with van der Waals surface area (Å²) in [6.45, 7) is 1.18. The number of hydrogen-bond acceptors (Lipinski definition) is 5. The minimum Gasteiger partial charge on any atom is -0.497 e. The van der Waals surface area contributed by atoms with Crippen molar-refractivity contribution in [3.8, 4) is 5.75 Å². The number of sulfone groups is 1. The maximum atomic E-state index is 13.3. The number of benzene rings is 1. The van der Waals surface area contributed by atoms with E-state index in [1.165, 1.54) is 6.42 Å². The van der Waals surface area contributed by atoms with Crippen LogP contribution < -0.4 is 20.7 Å². The molecular weight excluding hydrogens is 402 g/mol. The number of rotatable bonds is 6. The molecule has 1 saturated heterocycles. The van der Waals surface area contributed by atoms with E-state index in [-0.39, 0.29) is 22.7 Å². The number of carbonyl (C=O) groups excluding carboxylic acids is 1. The molecule has 2 amide bonds. The molecule has 3 aliphatic carbocycles. The van der Waals surface area contributed by atoms with Gasteiger partial charge in [0.05, 0.1) is 12.4 Å². The molecule has 4 aliphatic rings. The van der Waals surface area contributed by atoms with Crippen molar-refractivity contribution in [3.05, 3.63) is 29.8 Å². The third kappa shape index (κ3) is 3.38. The number of ether oxygens (including phenoxy) is 1. The van der Waals surface area contributed by atoms with Crippen molar-refractivity contribution < 1.29 is 17.9 Å². The second-order valence-corrected chi connectivity index (χ2v) is 12.0. The average molecular weight is 434 g/mol. The molecule has 164 valence electrons. The topological polar surface area (TPSA) is 96.5 Å². The first-order valence-corrected chi connectivity index (χ1v) is 12.6. The van der Waals surface area contributed by atoms with E-state index in [0.29, 0.717) is 18.4 Å². The molecule has 0 radical (unpaired) electrons. The molecule has 4 fully saturated rings. The fourth-order valence-corrected chi connectivity index (χ4v) is 9.21. The van der Waals surface area contributed by atoms with Crippen LogP contribution >= 0.6 is 0 Å². The quantitative estimate of drug-likeness (QED) is 0.639. The molecule has 8 heteroatoms. The summed E-state index contributed by atoms with van der Waals surface area (Å²) in [5.41, 5.74) is 0.811. The summed E-state index contributed by atoms with van der Waals surface area (Å²) in [4.78, 5) is 12.3. The van der Waals surface area contributed by atoms with Gasteiger partial charge in [0, 0.05) is 24.5 Å². The molecule has 7 nitrogen and oxygen atoms in total. The van der Waals surface area contributed by atoms with Gasteiger partial charge in [-0.15, -0.1) is 0 Å². The van der Waals surface area contributed by atoms with Gasteiger partial charge in [0.15, 0.2) is 9.84 Å². The van der Waals surface area contributed by atoms with Crippen LogP contribution in [0, 0.1) is 17.3 Å². The summed E-state index contributed by atoms with van der Waals surface area (Å²) in [7, 11) is -1.53. The monoisotopic (exact) mass is 433 g/mol. The van der Waals surface area contributed by atoms with Crippen molar-refractivity contribution in [1.29, 1.82) is 0 Å². The first-order valence-electron chi connectivity index (χ1n) is 11.0. The maximum absolute atomic E-state index is 13.3. The van der Waals surface area contributed by atoms with Gasteiger partial charge in [-0.3, -0.25) is 5.32 Å². The molecule has 1 spiro atoms. The number of fused-ring (bicyclic) bond motifs is 2. The Kier molecular flexibility index (Phi) is 4.97. The Morgan fingerprint density at radius 1 is 1.20 bits per heavy atom. The molecule has 4 atom stereocenters. The van der Waals surface area contributed by atoms with Crippen molar-refractivity contribution in [1.82, 2.24) is 16.0 Å². The standard InChI is InChI=1S/C22H31N3O4S/c1-29-18-6-3-14(4-7-18)12-23-21(26)25-17-10-22(11-17)13-24-20(22)30(27,28)19-9-15-2-5-16(19)8-15/h3-4,6-7,15-17,19-20,24H,2,5,8-13H2,1H3,(H2,23,25,26). The zero-order chi connectivity index (χ0) is 20.9. The summed E-state index contributed by atoms with van der Waals surface area (Å²) in [5.74, 6) is 1.78. The summed E-state index contributed by atoms with van der Waals surface area (Å²) >= 11 is 0. The van der Waals surface area contributed by atoms with Crippen molar-refractivity contribution in [2.24, 2.45) is 17.3 Å². The van der Waals surface area contributed by atoms with Crippen LogP contribution in [0.25, 0.3) is 0 Å². The third-order valence-corrected chi connectivity index (χ3v) is 10.6. The van der Waals surface area contributed by atoms with E-state index in [0.717, 1.165) is 50.0 Å². The molecule has 1 heterocycles.